The van der Waals surface area contributed by atoms with Gasteiger partial charge in [-0.2, -0.15) is 11.8 Å². The molecule has 4 heteroatoms. The van der Waals surface area contributed by atoms with Crippen molar-refractivity contribution in [1.29, 1.82) is 0 Å². The maximum absolute atomic E-state index is 6.37. The summed E-state index contributed by atoms with van der Waals surface area (Å²) >= 11 is 1.91. The lowest BCUT2D eigenvalue weighted by atomic mass is 9.97. The van der Waals surface area contributed by atoms with Crippen molar-refractivity contribution in [3.8, 4) is 0 Å². The lowest BCUT2D eigenvalue weighted by molar-refractivity contribution is 0.0572. The first-order chi connectivity index (χ1) is 8.86. The van der Waals surface area contributed by atoms with Gasteiger partial charge in [-0.15, -0.1) is 0 Å². The highest BCUT2D eigenvalue weighted by atomic mass is 32.2. The van der Waals surface area contributed by atoms with Gasteiger partial charge in [-0.1, -0.05) is 18.2 Å². The van der Waals surface area contributed by atoms with Gasteiger partial charge in [0.05, 0.1) is 18.8 Å². The van der Waals surface area contributed by atoms with Crippen LogP contribution in [0.1, 0.15) is 11.6 Å². The first-order valence-corrected chi connectivity index (χ1v) is 7.29. The van der Waals surface area contributed by atoms with Crippen molar-refractivity contribution in [2.45, 2.75) is 12.1 Å². The molecule has 2 atom stereocenters. The van der Waals surface area contributed by atoms with E-state index in [1.807, 2.05) is 36.3 Å². The molecule has 2 aromatic rings. The van der Waals surface area contributed by atoms with Crippen molar-refractivity contribution in [3.63, 3.8) is 0 Å². The Labute approximate surface area is 111 Å². The van der Waals surface area contributed by atoms with E-state index in [-0.39, 0.29) is 12.1 Å². The van der Waals surface area contributed by atoms with Gasteiger partial charge in [-0.3, -0.25) is 4.98 Å². The lowest BCUT2D eigenvalue weighted by Gasteiger charge is -2.28. The van der Waals surface area contributed by atoms with Crippen LogP contribution in [0.2, 0.25) is 0 Å². The molecule has 1 saturated heterocycles. The largest absolute Gasteiger partial charge is 0.375 e. The monoisotopic (exact) mass is 260 g/mol. The predicted octanol–water partition coefficient (Wildman–Crippen LogP) is 2.37. The van der Waals surface area contributed by atoms with Crippen LogP contribution < -0.4 is 5.73 Å². The van der Waals surface area contributed by atoms with Gasteiger partial charge in [-0.05, 0) is 17.0 Å². The number of pyridine rings is 1. The van der Waals surface area contributed by atoms with E-state index >= 15 is 0 Å². The number of aromatic nitrogens is 1. The molecular formula is C14H16N2OS. The van der Waals surface area contributed by atoms with E-state index in [0.717, 1.165) is 29.1 Å². The van der Waals surface area contributed by atoms with Crippen molar-refractivity contribution >= 4 is 22.5 Å². The second-order valence-electron chi connectivity index (χ2n) is 4.45. The topological polar surface area (TPSA) is 48.1 Å². The molecule has 1 aromatic carbocycles. The van der Waals surface area contributed by atoms with E-state index in [1.165, 1.54) is 5.39 Å². The third-order valence-electron chi connectivity index (χ3n) is 3.32. The molecular weight excluding hydrogens is 244 g/mol. The van der Waals surface area contributed by atoms with Gasteiger partial charge >= 0.3 is 0 Å². The van der Waals surface area contributed by atoms with E-state index in [1.54, 1.807) is 0 Å². The van der Waals surface area contributed by atoms with Crippen LogP contribution in [-0.2, 0) is 4.74 Å². The SMILES string of the molecule is NC(c1cccc2ccncc12)C1CSCCO1. The van der Waals surface area contributed by atoms with Gasteiger partial charge in [0.2, 0.25) is 0 Å². The molecule has 1 aromatic heterocycles. The molecule has 0 bridgehead atoms. The summed E-state index contributed by atoms with van der Waals surface area (Å²) in [6.45, 7) is 0.798. The molecule has 2 unspecified atom stereocenters. The molecule has 1 fully saturated rings. The normalized spacial score (nSPS) is 21.9. The minimum Gasteiger partial charge on any atom is -0.375 e. The van der Waals surface area contributed by atoms with Gasteiger partial charge < -0.3 is 10.5 Å². The van der Waals surface area contributed by atoms with Gasteiger partial charge in [0, 0.05) is 29.3 Å². The number of ether oxygens (including phenoxy) is 1. The maximum Gasteiger partial charge on any atom is 0.0858 e. The first-order valence-electron chi connectivity index (χ1n) is 6.14. The van der Waals surface area contributed by atoms with Crippen LogP contribution in [0.15, 0.2) is 36.7 Å². The highest BCUT2D eigenvalue weighted by Gasteiger charge is 2.24. The van der Waals surface area contributed by atoms with Crippen LogP contribution in [0.3, 0.4) is 0 Å². The molecule has 0 spiro atoms. The smallest absolute Gasteiger partial charge is 0.0858 e. The van der Waals surface area contributed by atoms with Crippen molar-refractivity contribution < 1.29 is 4.74 Å². The molecule has 3 nitrogen and oxygen atoms in total. The van der Waals surface area contributed by atoms with E-state index in [9.17, 15) is 0 Å². The highest BCUT2D eigenvalue weighted by molar-refractivity contribution is 7.99. The molecule has 94 valence electrons. The Bertz CT molecular complexity index is 535. The predicted molar refractivity (Wildman–Crippen MR) is 75.7 cm³/mol. The molecule has 3 rings (SSSR count). The zero-order valence-electron chi connectivity index (χ0n) is 10.1. The number of nitrogens with zero attached hydrogens (tertiary/aromatic N) is 1. The molecule has 0 saturated carbocycles. The lowest BCUT2D eigenvalue weighted by Crippen LogP contribution is -2.34. The zero-order chi connectivity index (χ0) is 12.4. The average Bonchev–Trinajstić information content (AvgIpc) is 2.47. The third kappa shape index (κ3) is 2.23. The van der Waals surface area contributed by atoms with Crippen LogP contribution in [-0.4, -0.2) is 29.2 Å². The summed E-state index contributed by atoms with van der Waals surface area (Å²) in [6, 6.07) is 8.15. The molecule has 1 aliphatic heterocycles. The van der Waals surface area contributed by atoms with E-state index < -0.39 is 0 Å². The Hall–Kier alpha value is -1.10. The molecule has 18 heavy (non-hydrogen) atoms. The van der Waals surface area contributed by atoms with Crippen molar-refractivity contribution in [3.05, 3.63) is 42.2 Å². The van der Waals surface area contributed by atoms with E-state index in [0.29, 0.717) is 0 Å². The number of rotatable bonds is 2. The molecule has 0 amide bonds. The summed E-state index contributed by atoms with van der Waals surface area (Å²) in [6.07, 6.45) is 3.81. The summed E-state index contributed by atoms with van der Waals surface area (Å²) in [5, 5.41) is 2.31. The number of fused-ring (bicyclic) bond motifs is 1. The number of benzene rings is 1. The van der Waals surface area contributed by atoms with Gasteiger partial charge in [0.25, 0.3) is 0 Å². The summed E-state index contributed by atoms with van der Waals surface area (Å²) in [7, 11) is 0. The molecule has 0 radical (unpaired) electrons. The fraction of sp³-hybridized carbons (Fsp3) is 0.357. The minimum atomic E-state index is -0.0781. The van der Waals surface area contributed by atoms with E-state index in [4.69, 9.17) is 10.5 Å². The van der Waals surface area contributed by atoms with Gasteiger partial charge in [-0.25, -0.2) is 0 Å². The van der Waals surface area contributed by atoms with Crippen LogP contribution >= 0.6 is 11.8 Å². The summed E-state index contributed by atoms with van der Waals surface area (Å²) in [5.41, 5.74) is 7.50. The Kier molecular flexibility index (Phi) is 3.50. The fourth-order valence-corrected chi connectivity index (χ4v) is 3.26. The number of thioether (sulfide) groups is 1. The summed E-state index contributed by atoms with van der Waals surface area (Å²) in [5.74, 6) is 2.04. The average molecular weight is 260 g/mol. The quantitative estimate of drug-likeness (QED) is 0.900. The number of hydrogen-bond donors (Lipinski definition) is 1. The second kappa shape index (κ2) is 5.26. The van der Waals surface area contributed by atoms with Crippen LogP contribution in [0.4, 0.5) is 0 Å². The standard InChI is InChI=1S/C14H16N2OS/c15-14(13-9-18-7-6-17-13)11-3-1-2-10-4-5-16-8-12(10)11/h1-5,8,13-14H,6-7,9,15H2. The highest BCUT2D eigenvalue weighted by Crippen LogP contribution is 2.28. The maximum atomic E-state index is 6.37. The summed E-state index contributed by atoms with van der Waals surface area (Å²) < 4.78 is 5.78. The Balaban J connectivity index is 1.97. The molecule has 0 aliphatic carbocycles. The van der Waals surface area contributed by atoms with Crippen molar-refractivity contribution in [1.82, 2.24) is 4.98 Å². The van der Waals surface area contributed by atoms with Gasteiger partial charge in [0.15, 0.2) is 0 Å². The Morgan fingerprint density at radius 1 is 1.39 bits per heavy atom. The Morgan fingerprint density at radius 2 is 2.33 bits per heavy atom. The van der Waals surface area contributed by atoms with Crippen LogP contribution in [0, 0.1) is 0 Å². The molecule has 1 aliphatic rings. The number of hydrogen-bond acceptors (Lipinski definition) is 4. The number of nitrogens with two attached hydrogens (primary N) is 1. The van der Waals surface area contributed by atoms with Crippen LogP contribution in [0.25, 0.3) is 10.8 Å². The fourth-order valence-electron chi connectivity index (χ4n) is 2.34. The van der Waals surface area contributed by atoms with E-state index in [2.05, 4.69) is 17.1 Å². The first kappa shape index (κ1) is 12.0. The van der Waals surface area contributed by atoms with Gasteiger partial charge in [0.1, 0.15) is 0 Å². The third-order valence-corrected chi connectivity index (χ3v) is 4.34. The van der Waals surface area contributed by atoms with Crippen LogP contribution in [0.5, 0.6) is 0 Å². The zero-order valence-corrected chi connectivity index (χ0v) is 10.9. The van der Waals surface area contributed by atoms with Crippen molar-refractivity contribution in [2.24, 2.45) is 5.73 Å². The Morgan fingerprint density at radius 3 is 3.17 bits per heavy atom. The van der Waals surface area contributed by atoms with Crippen molar-refractivity contribution in [2.75, 3.05) is 18.1 Å². The summed E-state index contributed by atoms with van der Waals surface area (Å²) in [4.78, 5) is 4.20. The molecule has 2 heterocycles. The minimum absolute atomic E-state index is 0.0781. The second-order valence-corrected chi connectivity index (χ2v) is 5.60. The molecule has 2 N–H and O–H groups in total.